The number of ether oxygens (including phenoxy) is 3. The minimum atomic E-state index is -4.63. The first-order valence-electron chi connectivity index (χ1n) is 11.5. The lowest BCUT2D eigenvalue weighted by molar-refractivity contribution is 0.0970. The number of phosphoric ester groups is 1. The van der Waals surface area contributed by atoms with E-state index in [0.29, 0.717) is 50.0 Å². The summed E-state index contributed by atoms with van der Waals surface area (Å²) in [6.45, 7) is -0.508. The highest BCUT2D eigenvalue weighted by Gasteiger charge is 2.28. The number of aromatic nitrogens is 1. The molecule has 0 aliphatic carbocycles. The Hall–Kier alpha value is -3.60. The number of hydrogen-bond donors (Lipinski definition) is 4. The Labute approximate surface area is 227 Å². The van der Waals surface area contributed by atoms with Crippen molar-refractivity contribution in [3.05, 3.63) is 82.8 Å². The number of nitrogens with one attached hydrogen (secondary N) is 2. The summed E-state index contributed by atoms with van der Waals surface area (Å²) in [6.07, 6.45) is 1.52. The van der Waals surface area contributed by atoms with Gasteiger partial charge in [-0.1, -0.05) is 17.7 Å². The highest BCUT2D eigenvalue weighted by atomic mass is 35.5. The van der Waals surface area contributed by atoms with Crippen molar-refractivity contribution in [2.24, 2.45) is 0 Å². The summed E-state index contributed by atoms with van der Waals surface area (Å²) >= 11 is 6.16. The van der Waals surface area contributed by atoms with Crippen LogP contribution in [0, 0.1) is 5.82 Å². The van der Waals surface area contributed by atoms with Gasteiger partial charge >= 0.3 is 7.82 Å². The normalized spacial score (nSPS) is 12.3. The molecule has 4 N–H and O–H groups in total. The molecule has 0 aliphatic rings. The van der Waals surface area contributed by atoms with E-state index in [9.17, 15) is 13.8 Å². The van der Waals surface area contributed by atoms with Crippen LogP contribution in [0.25, 0.3) is 10.9 Å². The van der Waals surface area contributed by atoms with Gasteiger partial charge in [-0.05, 0) is 30.3 Å². The van der Waals surface area contributed by atoms with Gasteiger partial charge in [-0.2, -0.15) is 0 Å². The lowest BCUT2D eigenvalue weighted by Gasteiger charge is -2.22. The quantitative estimate of drug-likeness (QED) is 0.0974. The highest BCUT2D eigenvalue weighted by molar-refractivity contribution is 7.46. The maximum absolute atomic E-state index is 14.0. The molecule has 0 saturated carbocycles. The molecular formula is C26H25ClFN2O8P. The second-order valence-corrected chi connectivity index (χ2v) is 9.97. The van der Waals surface area contributed by atoms with Crippen molar-refractivity contribution < 1.29 is 42.3 Å². The predicted octanol–water partition coefficient (Wildman–Crippen LogP) is 5.50. The number of ketones is 1. The summed E-state index contributed by atoms with van der Waals surface area (Å²) in [6, 6.07) is 12.8. The molecule has 13 heteroatoms. The van der Waals surface area contributed by atoms with Crippen molar-refractivity contribution in [1.29, 1.82) is 0 Å². The van der Waals surface area contributed by atoms with E-state index in [0.717, 1.165) is 0 Å². The number of phosphoric acid groups is 1. The summed E-state index contributed by atoms with van der Waals surface area (Å²) in [5, 5.41) is 4.17. The van der Waals surface area contributed by atoms with Crippen LogP contribution in [0.4, 0.5) is 10.1 Å². The van der Waals surface area contributed by atoms with Crippen LogP contribution in [0.15, 0.2) is 60.8 Å². The van der Waals surface area contributed by atoms with Gasteiger partial charge < -0.3 is 34.3 Å². The molecule has 0 saturated heterocycles. The Morgan fingerprint density at radius 3 is 2.54 bits per heavy atom. The number of rotatable bonds is 12. The van der Waals surface area contributed by atoms with Crippen LogP contribution >= 0.6 is 19.4 Å². The van der Waals surface area contributed by atoms with Gasteiger partial charge in [0.2, 0.25) is 0 Å². The molecule has 0 bridgehead atoms. The van der Waals surface area contributed by atoms with E-state index in [4.69, 9.17) is 35.6 Å². The van der Waals surface area contributed by atoms with Gasteiger partial charge in [0.05, 0.1) is 20.8 Å². The fourth-order valence-corrected chi connectivity index (χ4v) is 4.48. The Balaban J connectivity index is 1.71. The fraction of sp³-hybridized carbons (Fsp3) is 0.192. The molecule has 0 fully saturated rings. The van der Waals surface area contributed by atoms with Crippen LogP contribution in [-0.2, 0) is 9.09 Å². The minimum absolute atomic E-state index is 0.156. The zero-order valence-electron chi connectivity index (χ0n) is 20.8. The molecular weight excluding hydrogens is 554 g/mol. The molecule has 10 nitrogen and oxygen atoms in total. The van der Waals surface area contributed by atoms with E-state index >= 15 is 0 Å². The summed E-state index contributed by atoms with van der Waals surface area (Å²) in [5.41, 5.74) is 1.72. The summed E-state index contributed by atoms with van der Waals surface area (Å²) in [5.74, 6) is 0.278. The lowest BCUT2D eigenvalue weighted by atomic mass is 9.95. The van der Waals surface area contributed by atoms with E-state index in [1.807, 2.05) is 0 Å². The monoisotopic (exact) mass is 578 g/mol. The Bertz CT molecular complexity index is 1540. The molecule has 0 aliphatic heterocycles. The third kappa shape index (κ3) is 7.08. The molecule has 0 spiro atoms. The second-order valence-electron chi connectivity index (χ2n) is 8.29. The van der Waals surface area contributed by atoms with Crippen molar-refractivity contribution in [2.45, 2.75) is 6.04 Å². The van der Waals surface area contributed by atoms with Crippen molar-refractivity contribution in [3.8, 4) is 17.2 Å². The predicted molar refractivity (Wildman–Crippen MR) is 143 cm³/mol. The van der Waals surface area contributed by atoms with Gasteiger partial charge in [-0.15, -0.1) is 0 Å². The van der Waals surface area contributed by atoms with Gasteiger partial charge in [0, 0.05) is 57.1 Å². The molecule has 1 atom stereocenters. The number of anilines is 1. The number of Topliss-reactive ketones (excluding diaryl/α,β-unsaturated/α-hetero) is 1. The first kappa shape index (κ1) is 28.4. The van der Waals surface area contributed by atoms with Crippen LogP contribution in [0.2, 0.25) is 5.02 Å². The number of carbonyl (C=O) groups is 1. The molecule has 0 amide bonds. The highest BCUT2D eigenvalue weighted by Crippen LogP contribution is 2.37. The van der Waals surface area contributed by atoms with E-state index in [2.05, 4.69) is 14.8 Å². The van der Waals surface area contributed by atoms with Crippen molar-refractivity contribution >= 4 is 41.8 Å². The van der Waals surface area contributed by atoms with Gasteiger partial charge in [0.15, 0.2) is 5.78 Å². The van der Waals surface area contributed by atoms with E-state index < -0.39 is 19.7 Å². The summed E-state index contributed by atoms with van der Waals surface area (Å²) in [7, 11) is -1.72. The Kier molecular flexibility index (Phi) is 8.79. The van der Waals surface area contributed by atoms with Crippen LogP contribution in [0.1, 0.15) is 22.0 Å². The SMILES string of the molecule is COc1cc(NC(C(=O)c2c[nH]c3cc(F)ccc23)c2ccc(Cl)cc2OC)cc(OCCOP(=O)(O)O)c1. The van der Waals surface area contributed by atoms with Crippen LogP contribution < -0.4 is 19.5 Å². The average Bonchev–Trinajstić information content (AvgIpc) is 3.32. The average molecular weight is 579 g/mol. The molecule has 0 radical (unpaired) electrons. The van der Waals surface area contributed by atoms with Gasteiger partial charge in [-0.25, -0.2) is 8.96 Å². The van der Waals surface area contributed by atoms with Gasteiger partial charge in [0.25, 0.3) is 0 Å². The molecule has 1 aromatic heterocycles. The zero-order chi connectivity index (χ0) is 28.2. The first-order valence-corrected chi connectivity index (χ1v) is 13.4. The number of benzene rings is 3. The maximum atomic E-state index is 14.0. The number of carbonyl (C=O) groups excluding carboxylic acids is 1. The molecule has 206 valence electrons. The molecule has 39 heavy (non-hydrogen) atoms. The Morgan fingerprint density at radius 2 is 1.82 bits per heavy atom. The first-order chi connectivity index (χ1) is 18.6. The Morgan fingerprint density at radius 1 is 1.05 bits per heavy atom. The molecule has 4 aromatic rings. The third-order valence-corrected chi connectivity index (χ3v) is 6.47. The van der Waals surface area contributed by atoms with Crippen molar-refractivity contribution in [1.82, 2.24) is 4.98 Å². The standard InChI is InChI=1S/C26H25ClFN2O8P/c1-35-18-11-17(12-19(13-18)37-7-8-38-39(32,33)34)30-25(21-5-3-15(27)9-24(21)36-2)26(31)22-14-29-23-10-16(28)4-6-20(22)23/h3-6,9-14,25,29-30H,7-8H2,1-2H3,(H2,32,33,34). The third-order valence-electron chi connectivity index (χ3n) is 5.72. The number of hydrogen-bond acceptors (Lipinski definition) is 7. The zero-order valence-corrected chi connectivity index (χ0v) is 22.5. The van der Waals surface area contributed by atoms with Crippen LogP contribution in [0.3, 0.4) is 0 Å². The van der Waals surface area contributed by atoms with Crippen LogP contribution in [-0.4, -0.2) is 48.0 Å². The summed E-state index contributed by atoms with van der Waals surface area (Å²) in [4.78, 5) is 34.6. The minimum Gasteiger partial charge on any atom is -0.497 e. The molecule has 4 rings (SSSR count). The molecule has 1 unspecified atom stereocenters. The van der Waals surface area contributed by atoms with Crippen molar-refractivity contribution in [3.63, 3.8) is 0 Å². The van der Waals surface area contributed by atoms with E-state index in [-0.39, 0.29) is 19.0 Å². The lowest BCUT2D eigenvalue weighted by Crippen LogP contribution is -2.22. The molecule has 3 aromatic carbocycles. The largest absolute Gasteiger partial charge is 0.497 e. The number of halogens is 2. The van der Waals surface area contributed by atoms with Crippen molar-refractivity contribution in [2.75, 3.05) is 32.8 Å². The number of fused-ring (bicyclic) bond motifs is 1. The molecule has 1 heterocycles. The van der Waals surface area contributed by atoms with E-state index in [1.165, 1.54) is 38.6 Å². The fourth-order valence-electron chi connectivity index (χ4n) is 4.00. The number of methoxy groups -OCH3 is 2. The maximum Gasteiger partial charge on any atom is 0.469 e. The second kappa shape index (κ2) is 12.1. The smallest absolute Gasteiger partial charge is 0.469 e. The van der Waals surface area contributed by atoms with Gasteiger partial charge in [0.1, 0.15) is 35.7 Å². The van der Waals surface area contributed by atoms with Crippen LogP contribution in [0.5, 0.6) is 17.2 Å². The number of H-pyrrole nitrogens is 1. The number of aromatic amines is 1. The topological polar surface area (TPSA) is 139 Å². The van der Waals surface area contributed by atoms with E-state index in [1.54, 1.807) is 36.4 Å². The summed E-state index contributed by atoms with van der Waals surface area (Å²) < 4.78 is 45.5. The van der Waals surface area contributed by atoms with Gasteiger partial charge in [-0.3, -0.25) is 9.32 Å².